The second-order valence-electron chi connectivity index (χ2n) is 2.70. The van der Waals surface area contributed by atoms with Gasteiger partial charge in [0, 0.05) is 11.3 Å². The predicted molar refractivity (Wildman–Crippen MR) is 50.8 cm³/mol. The maximum absolute atomic E-state index is 11.2. The number of amides is 1. The number of carbonyl (C=O) groups is 2. The summed E-state index contributed by atoms with van der Waals surface area (Å²) >= 11 is 0. The SMILES string of the molecule is Nc1ccc(C(=O)N[11CH2]C(=O)O)cc1. The fourth-order valence-corrected chi connectivity index (χ4v) is 0.892. The van der Waals surface area contributed by atoms with Crippen LogP contribution in [0.3, 0.4) is 0 Å². The first-order chi connectivity index (χ1) is 6.59. The third-order valence-electron chi connectivity index (χ3n) is 1.57. The molecule has 4 N–H and O–H groups in total. The van der Waals surface area contributed by atoms with Gasteiger partial charge in [0.15, 0.2) is 0 Å². The average molecular weight is 193 g/mol. The van der Waals surface area contributed by atoms with Crippen LogP contribution in [0.4, 0.5) is 5.69 Å². The average Bonchev–Trinajstić information content (AvgIpc) is 2.15. The molecule has 0 aliphatic carbocycles. The lowest BCUT2D eigenvalue weighted by atomic mass is 10.1. The van der Waals surface area contributed by atoms with Crippen molar-refractivity contribution in [3.63, 3.8) is 0 Å². The number of aliphatic carboxylic acids is 1. The van der Waals surface area contributed by atoms with Crippen LogP contribution in [0.1, 0.15) is 10.4 Å². The van der Waals surface area contributed by atoms with Gasteiger partial charge in [0.2, 0.25) is 0 Å². The van der Waals surface area contributed by atoms with Gasteiger partial charge in [-0.25, -0.2) is 0 Å². The molecule has 0 aromatic heterocycles. The van der Waals surface area contributed by atoms with Gasteiger partial charge in [-0.3, -0.25) is 9.59 Å². The first-order valence-electron chi connectivity index (χ1n) is 3.95. The number of hydrogen-bond donors (Lipinski definition) is 3. The molecule has 5 nitrogen and oxygen atoms in total. The smallest absolute Gasteiger partial charge is 0.322 e. The molecule has 0 heterocycles. The number of rotatable bonds is 3. The molecule has 0 saturated carbocycles. The molecular formula is C9H10N2O3. The number of anilines is 1. The molecule has 5 heteroatoms. The number of nitrogens with one attached hydrogen (secondary N) is 1. The Morgan fingerprint density at radius 3 is 2.36 bits per heavy atom. The van der Waals surface area contributed by atoms with Crippen molar-refractivity contribution < 1.29 is 14.7 Å². The van der Waals surface area contributed by atoms with Crippen LogP contribution in [0, 0.1) is 0 Å². The molecule has 0 radical (unpaired) electrons. The van der Waals surface area contributed by atoms with Gasteiger partial charge in [-0.2, -0.15) is 0 Å². The van der Waals surface area contributed by atoms with Crippen molar-refractivity contribution in [3.05, 3.63) is 29.8 Å². The summed E-state index contributed by atoms with van der Waals surface area (Å²) in [6, 6.07) is 6.23. The zero-order valence-corrected chi connectivity index (χ0v) is 7.36. The highest BCUT2D eigenvalue weighted by molar-refractivity contribution is 5.95. The number of benzene rings is 1. The van der Waals surface area contributed by atoms with Crippen molar-refractivity contribution >= 4 is 17.6 Å². The van der Waals surface area contributed by atoms with Gasteiger partial charge in [0.1, 0.15) is 6.54 Å². The third-order valence-corrected chi connectivity index (χ3v) is 1.57. The van der Waals surface area contributed by atoms with E-state index in [1.165, 1.54) is 12.1 Å². The molecule has 1 aromatic rings. The monoisotopic (exact) mass is 193 g/mol. The van der Waals surface area contributed by atoms with Crippen LogP contribution in [0.25, 0.3) is 0 Å². The Labute approximate surface area is 80.5 Å². The van der Waals surface area contributed by atoms with E-state index in [2.05, 4.69) is 5.32 Å². The number of hydrogen-bond acceptors (Lipinski definition) is 3. The van der Waals surface area contributed by atoms with Gasteiger partial charge in [-0.15, -0.1) is 0 Å². The number of carboxylic acid groups (broad SMARTS) is 1. The van der Waals surface area contributed by atoms with Gasteiger partial charge in [-0.05, 0) is 24.3 Å². The topological polar surface area (TPSA) is 92.4 Å². The van der Waals surface area contributed by atoms with Crippen LogP contribution in [0.15, 0.2) is 24.3 Å². The summed E-state index contributed by atoms with van der Waals surface area (Å²) in [7, 11) is 0. The molecule has 1 aromatic carbocycles. The Bertz CT molecular complexity index is 346. The van der Waals surface area contributed by atoms with Crippen LogP contribution in [-0.4, -0.2) is 23.5 Å². The van der Waals surface area contributed by atoms with Crippen LogP contribution >= 0.6 is 0 Å². The minimum Gasteiger partial charge on any atom is -0.480 e. The van der Waals surface area contributed by atoms with Crippen LogP contribution in [0.5, 0.6) is 0 Å². The van der Waals surface area contributed by atoms with Gasteiger partial charge < -0.3 is 16.2 Å². The largest absolute Gasteiger partial charge is 0.480 e. The van der Waals surface area contributed by atoms with Crippen molar-refractivity contribution in [2.75, 3.05) is 12.3 Å². The molecule has 0 atom stereocenters. The lowest BCUT2D eigenvalue weighted by molar-refractivity contribution is -0.135. The minimum atomic E-state index is -1.08. The predicted octanol–water partition coefficient (Wildman–Crippen LogP) is 0.0832. The van der Waals surface area contributed by atoms with Gasteiger partial charge in [-0.1, -0.05) is 0 Å². The molecule has 0 spiro atoms. The summed E-state index contributed by atoms with van der Waals surface area (Å²) < 4.78 is 0. The summed E-state index contributed by atoms with van der Waals surface area (Å²) in [5.41, 5.74) is 6.37. The Morgan fingerprint density at radius 1 is 1.29 bits per heavy atom. The van der Waals surface area contributed by atoms with Crippen molar-refractivity contribution in [1.82, 2.24) is 5.32 Å². The first-order valence-corrected chi connectivity index (χ1v) is 3.95. The number of nitrogens with two attached hydrogens (primary N) is 1. The molecule has 0 fully saturated rings. The Hall–Kier alpha value is -2.04. The van der Waals surface area contributed by atoms with E-state index in [4.69, 9.17) is 10.8 Å². The second-order valence-corrected chi connectivity index (χ2v) is 2.70. The van der Waals surface area contributed by atoms with E-state index in [0.29, 0.717) is 11.3 Å². The standard InChI is InChI=1S/C9H10N2O3/c10-7-3-1-6(2-4-7)9(14)11-5-8(12)13/h1-4H,5,10H2,(H,11,14)(H,12,13)/i5-1. The lowest BCUT2D eigenvalue weighted by Gasteiger charge is -2.01. The Balaban J connectivity index is 2.61. The first kappa shape index (κ1) is 10.0. The van der Waals surface area contributed by atoms with Crippen molar-refractivity contribution in [3.8, 4) is 0 Å². The van der Waals surface area contributed by atoms with E-state index < -0.39 is 11.9 Å². The molecule has 74 valence electrons. The quantitative estimate of drug-likeness (QED) is 0.593. The number of carbonyl (C=O) groups excluding carboxylic acids is 1. The fourth-order valence-electron chi connectivity index (χ4n) is 0.892. The lowest BCUT2D eigenvalue weighted by Crippen LogP contribution is -2.29. The zero-order valence-electron chi connectivity index (χ0n) is 7.36. The van der Waals surface area contributed by atoms with Gasteiger partial charge in [0.25, 0.3) is 5.91 Å². The highest BCUT2D eigenvalue weighted by Gasteiger charge is 2.05. The van der Waals surface area contributed by atoms with E-state index in [0.717, 1.165) is 0 Å². The Kier molecular flexibility index (Phi) is 3.06. The van der Waals surface area contributed by atoms with Crippen LogP contribution < -0.4 is 11.1 Å². The third kappa shape index (κ3) is 2.78. The fraction of sp³-hybridized carbons (Fsp3) is 0.111. The molecule has 0 bridgehead atoms. The molecule has 14 heavy (non-hydrogen) atoms. The molecule has 1 amide bonds. The number of nitrogen functional groups attached to an aromatic ring is 1. The summed E-state index contributed by atoms with van der Waals surface area (Å²) in [5.74, 6) is -1.50. The summed E-state index contributed by atoms with van der Waals surface area (Å²) in [4.78, 5) is 21.4. The van der Waals surface area contributed by atoms with E-state index in [1.807, 2.05) is 0 Å². The number of carboxylic acids is 1. The summed E-state index contributed by atoms with van der Waals surface area (Å²) in [5, 5.41) is 10.6. The molecule has 1 rings (SSSR count). The maximum atomic E-state index is 11.2. The van der Waals surface area contributed by atoms with Gasteiger partial charge >= 0.3 is 5.97 Å². The Morgan fingerprint density at radius 2 is 1.86 bits per heavy atom. The van der Waals surface area contributed by atoms with Crippen molar-refractivity contribution in [2.24, 2.45) is 0 Å². The molecule has 0 aliphatic heterocycles. The minimum absolute atomic E-state index is 0.386. The maximum Gasteiger partial charge on any atom is 0.322 e. The van der Waals surface area contributed by atoms with Crippen molar-refractivity contribution in [1.29, 1.82) is 0 Å². The van der Waals surface area contributed by atoms with E-state index >= 15 is 0 Å². The molecule has 0 saturated heterocycles. The van der Waals surface area contributed by atoms with Crippen LogP contribution in [0.2, 0.25) is 0 Å². The molecular weight excluding hydrogens is 183 g/mol. The van der Waals surface area contributed by atoms with E-state index in [1.54, 1.807) is 12.1 Å². The van der Waals surface area contributed by atoms with E-state index in [-0.39, 0.29) is 6.54 Å². The molecule has 0 unspecified atom stereocenters. The van der Waals surface area contributed by atoms with Crippen LogP contribution in [-0.2, 0) is 4.79 Å². The summed E-state index contributed by atoms with van der Waals surface area (Å²) in [6.45, 7) is -0.386. The highest BCUT2D eigenvalue weighted by Crippen LogP contribution is 2.04. The molecule has 0 aliphatic rings. The van der Waals surface area contributed by atoms with Gasteiger partial charge in [0.05, 0.1) is 0 Å². The second kappa shape index (κ2) is 4.27. The zero-order chi connectivity index (χ0) is 10.6. The van der Waals surface area contributed by atoms with Crippen molar-refractivity contribution in [2.45, 2.75) is 0 Å². The highest BCUT2D eigenvalue weighted by atomic mass is 16.4. The normalized spacial score (nSPS) is 9.43. The van der Waals surface area contributed by atoms with E-state index in [9.17, 15) is 9.59 Å². The summed E-state index contributed by atoms with van der Waals surface area (Å²) in [6.07, 6.45) is 0.